The number of halogens is 4. The Hall–Kier alpha value is -0.400. The maximum atomic E-state index is 11.3. The molecular weight excluding hydrogens is 328 g/mol. The van der Waals surface area contributed by atoms with Crippen molar-refractivity contribution in [2.24, 2.45) is 0 Å². The zero-order valence-electron chi connectivity index (χ0n) is 12.0. The van der Waals surface area contributed by atoms with E-state index in [0.717, 1.165) is 14.0 Å². The molecule has 0 aliphatic heterocycles. The van der Waals surface area contributed by atoms with Crippen molar-refractivity contribution in [3.63, 3.8) is 0 Å². The van der Waals surface area contributed by atoms with Crippen LogP contribution in [0.25, 0.3) is 0 Å². The van der Waals surface area contributed by atoms with Crippen LogP contribution in [0, 0.1) is 0 Å². The molecule has 0 aromatic heterocycles. The minimum absolute atomic E-state index is 0. The van der Waals surface area contributed by atoms with Gasteiger partial charge < -0.3 is 14.2 Å². The van der Waals surface area contributed by atoms with E-state index >= 15 is 0 Å². The summed E-state index contributed by atoms with van der Waals surface area (Å²) in [6.45, 7) is 6.29. The molecule has 0 N–H and O–H groups in total. The van der Waals surface area contributed by atoms with E-state index in [1.165, 1.54) is 14.0 Å². The maximum absolute atomic E-state index is 11.3. The molecule has 0 aliphatic rings. The summed E-state index contributed by atoms with van der Waals surface area (Å²) in [5.74, 6) is 0. The van der Waals surface area contributed by atoms with Gasteiger partial charge in [-0.25, -0.2) is 4.39 Å². The standard InChI is InChI=1S/C4H7F3O.C4H10O.C3H7FO.6CH4/c1-3(8-2)4(5,6)7;1-4(2)5-3;1-3(4)5-2;;;;;;/h3H,1-2H3;4H,1-3H3;3H,1-2H3;6*1H4. The van der Waals surface area contributed by atoms with Gasteiger partial charge in [0.1, 0.15) is 6.10 Å². The molecule has 0 aliphatic carbocycles. The molecule has 0 aromatic rings. The predicted octanol–water partition coefficient (Wildman–Crippen LogP) is 7.39. The summed E-state index contributed by atoms with van der Waals surface area (Å²) in [7, 11) is 4.05. The van der Waals surface area contributed by atoms with Crippen LogP contribution in [-0.4, -0.2) is 46.1 Å². The second-order valence-electron chi connectivity index (χ2n) is 3.48. The number of hydrogen-bond donors (Lipinski definition) is 0. The zero-order chi connectivity index (χ0) is 15.4. The van der Waals surface area contributed by atoms with Gasteiger partial charge in [-0.15, -0.1) is 0 Å². The molecule has 162 valence electrons. The Bertz CT molecular complexity index is 156. The third kappa shape index (κ3) is 68.1. The van der Waals surface area contributed by atoms with Crippen LogP contribution in [0.15, 0.2) is 0 Å². The van der Waals surface area contributed by atoms with Crippen LogP contribution < -0.4 is 0 Å². The first-order valence-electron chi connectivity index (χ1n) is 5.32. The van der Waals surface area contributed by atoms with E-state index in [2.05, 4.69) is 9.47 Å². The van der Waals surface area contributed by atoms with Gasteiger partial charge in [0.2, 0.25) is 0 Å². The SMILES string of the molecule is C.C.C.C.C.C.COC(C)C.COC(C)C(F)(F)F.COC(C)F. The Labute approximate surface area is 151 Å². The van der Waals surface area contributed by atoms with Gasteiger partial charge in [0, 0.05) is 21.3 Å². The van der Waals surface area contributed by atoms with Crippen molar-refractivity contribution in [1.82, 2.24) is 0 Å². The van der Waals surface area contributed by atoms with E-state index in [1.807, 2.05) is 13.8 Å². The number of alkyl halides is 4. The summed E-state index contributed by atoms with van der Waals surface area (Å²) >= 11 is 0. The monoisotopic (exact) mass is 376 g/mol. The zero-order valence-corrected chi connectivity index (χ0v) is 12.0. The molecule has 7 heteroatoms. The van der Waals surface area contributed by atoms with Crippen LogP contribution in [0.5, 0.6) is 0 Å². The summed E-state index contributed by atoms with van der Waals surface area (Å²) in [6, 6.07) is 0. The average Bonchev–Trinajstić information content (AvgIpc) is 2.28. The molecule has 0 bridgehead atoms. The first-order valence-corrected chi connectivity index (χ1v) is 5.32. The number of hydrogen-bond acceptors (Lipinski definition) is 3. The van der Waals surface area contributed by atoms with Gasteiger partial charge in [0.25, 0.3) is 0 Å². The second kappa shape index (κ2) is 34.0. The largest absolute Gasteiger partial charge is 0.414 e. The molecule has 3 nitrogen and oxygen atoms in total. The Morgan fingerprint density at radius 2 is 0.833 bits per heavy atom. The van der Waals surface area contributed by atoms with E-state index in [1.54, 1.807) is 7.11 Å². The highest BCUT2D eigenvalue weighted by atomic mass is 19.4. The Balaban J connectivity index is -0.0000000184. The molecule has 0 amide bonds. The van der Waals surface area contributed by atoms with Gasteiger partial charge in [-0.2, -0.15) is 13.2 Å². The molecule has 0 saturated heterocycles. The fourth-order valence-electron chi connectivity index (χ4n) is 0.134. The summed E-state index contributed by atoms with van der Waals surface area (Å²) in [4.78, 5) is 0. The molecule has 0 radical (unpaired) electrons. The fourth-order valence-corrected chi connectivity index (χ4v) is 0.134. The topological polar surface area (TPSA) is 27.7 Å². The molecule has 2 atom stereocenters. The van der Waals surface area contributed by atoms with E-state index in [9.17, 15) is 17.6 Å². The quantitative estimate of drug-likeness (QED) is 0.481. The van der Waals surface area contributed by atoms with Gasteiger partial charge in [-0.1, -0.05) is 44.6 Å². The minimum atomic E-state index is -4.21. The van der Waals surface area contributed by atoms with E-state index < -0.39 is 18.6 Å². The lowest BCUT2D eigenvalue weighted by Gasteiger charge is -2.12. The summed E-state index contributed by atoms with van der Waals surface area (Å²) in [5.41, 5.74) is 0. The van der Waals surface area contributed by atoms with Crippen LogP contribution in [0.1, 0.15) is 72.3 Å². The average molecular weight is 377 g/mol. The van der Waals surface area contributed by atoms with E-state index in [0.29, 0.717) is 6.10 Å². The van der Waals surface area contributed by atoms with E-state index in [-0.39, 0.29) is 44.6 Å². The van der Waals surface area contributed by atoms with Gasteiger partial charge in [0.15, 0.2) is 6.36 Å². The number of methoxy groups -OCH3 is 3. The molecule has 0 spiro atoms. The van der Waals surface area contributed by atoms with Crippen molar-refractivity contribution in [1.29, 1.82) is 0 Å². The Morgan fingerprint density at radius 3 is 0.833 bits per heavy atom. The first kappa shape index (κ1) is 56.5. The van der Waals surface area contributed by atoms with Crippen LogP contribution in [0.3, 0.4) is 0 Å². The summed E-state index contributed by atoms with van der Waals surface area (Å²) in [5, 5.41) is 0. The third-order valence-corrected chi connectivity index (χ3v) is 1.61. The number of rotatable bonds is 3. The van der Waals surface area contributed by atoms with Crippen molar-refractivity contribution in [3.05, 3.63) is 0 Å². The molecule has 0 aromatic carbocycles. The predicted molar refractivity (Wildman–Crippen MR) is 103 cm³/mol. The molecule has 24 heavy (non-hydrogen) atoms. The highest BCUT2D eigenvalue weighted by molar-refractivity contribution is 4.58. The van der Waals surface area contributed by atoms with Gasteiger partial charge in [0.05, 0.1) is 6.10 Å². The van der Waals surface area contributed by atoms with Gasteiger partial charge in [-0.3, -0.25) is 0 Å². The summed E-state index contributed by atoms with van der Waals surface area (Å²) < 4.78 is 58.0. The highest BCUT2D eigenvalue weighted by Gasteiger charge is 2.35. The van der Waals surface area contributed by atoms with Crippen LogP contribution in [-0.2, 0) is 14.2 Å². The van der Waals surface area contributed by atoms with Gasteiger partial charge in [-0.05, 0) is 27.7 Å². The van der Waals surface area contributed by atoms with Crippen LogP contribution in [0.4, 0.5) is 17.6 Å². The normalized spacial score (nSPS) is 10.5. The van der Waals surface area contributed by atoms with Crippen molar-refractivity contribution in [3.8, 4) is 0 Å². The lowest BCUT2D eigenvalue weighted by Crippen LogP contribution is -2.26. The molecule has 2 unspecified atom stereocenters. The van der Waals surface area contributed by atoms with E-state index in [4.69, 9.17) is 4.74 Å². The highest BCUT2D eigenvalue weighted by Crippen LogP contribution is 2.21. The Morgan fingerprint density at radius 1 is 0.625 bits per heavy atom. The fraction of sp³-hybridized carbons (Fsp3) is 1.00. The van der Waals surface area contributed by atoms with Crippen molar-refractivity contribution in [2.75, 3.05) is 21.3 Å². The molecule has 0 fully saturated rings. The molecule has 0 heterocycles. The van der Waals surface area contributed by atoms with Crippen molar-refractivity contribution >= 4 is 0 Å². The lowest BCUT2D eigenvalue weighted by atomic mass is 10.4. The minimum Gasteiger partial charge on any atom is -0.382 e. The third-order valence-electron chi connectivity index (χ3n) is 1.61. The second-order valence-corrected chi connectivity index (χ2v) is 3.48. The molecule has 0 saturated carbocycles. The van der Waals surface area contributed by atoms with Crippen LogP contribution in [0.2, 0.25) is 0 Å². The van der Waals surface area contributed by atoms with Crippen molar-refractivity contribution < 1.29 is 31.8 Å². The van der Waals surface area contributed by atoms with Gasteiger partial charge >= 0.3 is 6.18 Å². The maximum Gasteiger partial charge on any atom is 0.414 e. The Kier molecular flexibility index (Phi) is 80.2. The molecule has 0 rings (SSSR count). The smallest absolute Gasteiger partial charge is 0.382 e. The first-order chi connectivity index (χ1) is 8.02. The summed E-state index contributed by atoms with van der Waals surface area (Å²) in [6.07, 6.45) is -6.60. The molecular formula is C17H48F4O3. The van der Waals surface area contributed by atoms with Crippen LogP contribution >= 0.6 is 0 Å². The lowest BCUT2D eigenvalue weighted by molar-refractivity contribution is -0.206. The van der Waals surface area contributed by atoms with Crippen molar-refractivity contribution in [2.45, 2.75) is 97.0 Å². The number of ether oxygens (including phenoxy) is 3.